The molecule has 0 bridgehead atoms. The van der Waals surface area contributed by atoms with Gasteiger partial charge in [-0.2, -0.15) is 0 Å². The molecular weight excluding hydrogens is 346 g/mol. The fourth-order valence-electron chi connectivity index (χ4n) is 1.93. The smallest absolute Gasteiger partial charge is 0.120 e. The number of ether oxygens (including phenoxy) is 1. The Labute approximate surface area is 130 Å². The van der Waals surface area contributed by atoms with E-state index in [9.17, 15) is 0 Å². The van der Waals surface area contributed by atoms with Crippen molar-refractivity contribution in [3.05, 3.63) is 49.6 Å². The van der Waals surface area contributed by atoms with E-state index in [2.05, 4.69) is 33.4 Å². The highest BCUT2D eigenvalue weighted by Crippen LogP contribution is 2.35. The molecule has 1 atom stereocenters. The normalized spacial score (nSPS) is 12.4. The van der Waals surface area contributed by atoms with E-state index in [1.165, 1.54) is 10.4 Å². The van der Waals surface area contributed by atoms with Gasteiger partial charge in [0.25, 0.3) is 0 Å². The summed E-state index contributed by atoms with van der Waals surface area (Å²) in [6.07, 6.45) is 0. The molecule has 1 aromatic heterocycles. The van der Waals surface area contributed by atoms with E-state index >= 15 is 0 Å². The highest BCUT2D eigenvalue weighted by Gasteiger charge is 2.17. The van der Waals surface area contributed by atoms with Crippen LogP contribution in [0.1, 0.15) is 23.4 Å². The Morgan fingerprint density at radius 2 is 2.16 bits per heavy atom. The number of rotatable bonds is 5. The Morgan fingerprint density at radius 1 is 1.37 bits per heavy atom. The molecule has 0 fully saturated rings. The monoisotopic (exact) mass is 359 g/mol. The highest BCUT2D eigenvalue weighted by atomic mass is 79.9. The Kier molecular flexibility index (Phi) is 5.28. The lowest BCUT2D eigenvalue weighted by Crippen LogP contribution is -2.17. The van der Waals surface area contributed by atoms with Crippen molar-refractivity contribution in [1.82, 2.24) is 5.32 Å². The SMILES string of the molecule is CCOc1ccc(C(NC)c2ccc(Cl)s2)c(Br)c1. The van der Waals surface area contributed by atoms with Gasteiger partial charge >= 0.3 is 0 Å². The van der Waals surface area contributed by atoms with Gasteiger partial charge in [-0.05, 0) is 43.8 Å². The summed E-state index contributed by atoms with van der Waals surface area (Å²) in [6, 6.07) is 10.2. The second kappa shape index (κ2) is 6.75. The van der Waals surface area contributed by atoms with E-state index in [1.807, 2.05) is 32.2 Å². The van der Waals surface area contributed by atoms with Crippen LogP contribution in [0.4, 0.5) is 0 Å². The molecule has 2 aromatic rings. The predicted octanol–water partition coefficient (Wildman–Crippen LogP) is 4.87. The van der Waals surface area contributed by atoms with Crippen LogP contribution in [0.15, 0.2) is 34.8 Å². The Hall–Kier alpha value is -0.550. The van der Waals surface area contributed by atoms with Crippen molar-refractivity contribution in [3.8, 4) is 5.75 Å². The van der Waals surface area contributed by atoms with Crippen molar-refractivity contribution in [2.24, 2.45) is 0 Å². The van der Waals surface area contributed by atoms with Gasteiger partial charge in [-0.1, -0.05) is 33.6 Å². The predicted molar refractivity (Wildman–Crippen MR) is 85.5 cm³/mol. The largest absolute Gasteiger partial charge is 0.494 e. The molecule has 0 aliphatic heterocycles. The lowest BCUT2D eigenvalue weighted by molar-refractivity contribution is 0.340. The van der Waals surface area contributed by atoms with Crippen molar-refractivity contribution >= 4 is 38.9 Å². The maximum Gasteiger partial charge on any atom is 0.120 e. The first-order valence-corrected chi connectivity index (χ1v) is 7.99. The quantitative estimate of drug-likeness (QED) is 0.821. The van der Waals surface area contributed by atoms with Crippen molar-refractivity contribution in [1.29, 1.82) is 0 Å². The van der Waals surface area contributed by atoms with Crippen LogP contribution in [0.2, 0.25) is 4.34 Å². The van der Waals surface area contributed by atoms with Gasteiger partial charge < -0.3 is 10.1 Å². The fourth-order valence-corrected chi connectivity index (χ4v) is 3.71. The summed E-state index contributed by atoms with van der Waals surface area (Å²) in [5.74, 6) is 0.872. The van der Waals surface area contributed by atoms with Crippen LogP contribution in [0.3, 0.4) is 0 Å². The maximum atomic E-state index is 6.01. The summed E-state index contributed by atoms with van der Waals surface area (Å²) in [5, 5.41) is 3.32. The second-order valence-electron chi connectivity index (χ2n) is 3.98. The van der Waals surface area contributed by atoms with Crippen LogP contribution in [0.25, 0.3) is 0 Å². The van der Waals surface area contributed by atoms with Crippen molar-refractivity contribution in [2.75, 3.05) is 13.7 Å². The minimum atomic E-state index is 0.127. The zero-order valence-electron chi connectivity index (χ0n) is 10.7. The van der Waals surface area contributed by atoms with Crippen LogP contribution in [0.5, 0.6) is 5.75 Å². The molecular formula is C14H15BrClNOS. The number of hydrogen-bond donors (Lipinski definition) is 1. The second-order valence-corrected chi connectivity index (χ2v) is 6.58. The molecule has 1 unspecified atom stereocenters. The molecule has 1 aromatic carbocycles. The van der Waals surface area contributed by atoms with Crippen molar-refractivity contribution < 1.29 is 4.74 Å². The first-order valence-electron chi connectivity index (χ1n) is 6.00. The van der Waals surface area contributed by atoms with Crippen LogP contribution in [0, 0.1) is 0 Å². The van der Waals surface area contributed by atoms with Gasteiger partial charge in [0.15, 0.2) is 0 Å². The standard InChI is InChI=1S/C14H15BrClNOS/c1-3-18-9-4-5-10(11(15)8-9)14(17-2)12-6-7-13(16)19-12/h4-8,14,17H,3H2,1-2H3. The highest BCUT2D eigenvalue weighted by molar-refractivity contribution is 9.10. The topological polar surface area (TPSA) is 21.3 Å². The summed E-state index contributed by atoms with van der Waals surface area (Å²) in [6.45, 7) is 2.65. The Bertz CT molecular complexity index is 558. The first kappa shape index (κ1) is 14.9. The molecule has 5 heteroatoms. The van der Waals surface area contributed by atoms with E-state index in [-0.39, 0.29) is 6.04 Å². The van der Waals surface area contributed by atoms with E-state index in [4.69, 9.17) is 16.3 Å². The van der Waals surface area contributed by atoms with Crippen LogP contribution < -0.4 is 10.1 Å². The fraction of sp³-hybridized carbons (Fsp3) is 0.286. The third kappa shape index (κ3) is 3.51. The van der Waals surface area contributed by atoms with Gasteiger partial charge in [0.2, 0.25) is 0 Å². The zero-order chi connectivity index (χ0) is 13.8. The summed E-state index contributed by atoms with van der Waals surface area (Å²) >= 11 is 11.2. The number of thiophene rings is 1. The molecule has 2 rings (SSSR count). The Morgan fingerprint density at radius 3 is 2.68 bits per heavy atom. The molecule has 0 aliphatic rings. The molecule has 0 spiro atoms. The number of halogens is 2. The molecule has 0 aliphatic carbocycles. The molecule has 0 radical (unpaired) electrons. The van der Waals surface area contributed by atoms with E-state index in [1.54, 1.807) is 11.3 Å². The molecule has 2 nitrogen and oxygen atoms in total. The summed E-state index contributed by atoms with van der Waals surface area (Å²) in [7, 11) is 1.95. The molecule has 19 heavy (non-hydrogen) atoms. The Balaban J connectivity index is 2.33. The van der Waals surface area contributed by atoms with Gasteiger partial charge in [-0.3, -0.25) is 0 Å². The minimum Gasteiger partial charge on any atom is -0.494 e. The van der Waals surface area contributed by atoms with E-state index in [0.29, 0.717) is 6.61 Å². The molecule has 0 amide bonds. The molecule has 1 heterocycles. The van der Waals surface area contributed by atoms with Crippen LogP contribution in [-0.4, -0.2) is 13.7 Å². The summed E-state index contributed by atoms with van der Waals surface area (Å²) in [4.78, 5) is 1.19. The van der Waals surface area contributed by atoms with E-state index < -0.39 is 0 Å². The van der Waals surface area contributed by atoms with Crippen molar-refractivity contribution in [3.63, 3.8) is 0 Å². The number of benzene rings is 1. The third-order valence-corrected chi connectivity index (χ3v) is 4.74. The molecule has 1 N–H and O–H groups in total. The molecule has 0 saturated carbocycles. The molecule has 102 valence electrons. The summed E-state index contributed by atoms with van der Waals surface area (Å²) in [5.41, 5.74) is 1.17. The van der Waals surface area contributed by atoms with Crippen LogP contribution >= 0.6 is 38.9 Å². The first-order chi connectivity index (χ1) is 9.15. The number of hydrogen-bond acceptors (Lipinski definition) is 3. The lowest BCUT2D eigenvalue weighted by atomic mass is 10.1. The maximum absolute atomic E-state index is 6.01. The van der Waals surface area contributed by atoms with Gasteiger partial charge in [0.05, 0.1) is 17.0 Å². The van der Waals surface area contributed by atoms with E-state index in [0.717, 1.165) is 14.6 Å². The van der Waals surface area contributed by atoms with Gasteiger partial charge in [0.1, 0.15) is 5.75 Å². The number of nitrogens with one attached hydrogen (secondary N) is 1. The average Bonchev–Trinajstić information content (AvgIpc) is 2.80. The lowest BCUT2D eigenvalue weighted by Gasteiger charge is -2.17. The van der Waals surface area contributed by atoms with Crippen LogP contribution in [-0.2, 0) is 0 Å². The average molecular weight is 361 g/mol. The van der Waals surface area contributed by atoms with Gasteiger partial charge in [0, 0.05) is 9.35 Å². The van der Waals surface area contributed by atoms with Gasteiger partial charge in [-0.15, -0.1) is 11.3 Å². The van der Waals surface area contributed by atoms with Crippen molar-refractivity contribution in [2.45, 2.75) is 13.0 Å². The molecule has 0 saturated heterocycles. The van der Waals surface area contributed by atoms with Gasteiger partial charge in [-0.25, -0.2) is 0 Å². The summed E-state index contributed by atoms with van der Waals surface area (Å²) < 4.78 is 7.33. The minimum absolute atomic E-state index is 0.127. The zero-order valence-corrected chi connectivity index (χ0v) is 13.9. The third-order valence-electron chi connectivity index (χ3n) is 2.76.